The molecule has 1 rings (SSSR count). The fourth-order valence-corrected chi connectivity index (χ4v) is 3.18. The number of rotatable bonds is 12. The van der Waals surface area contributed by atoms with Gasteiger partial charge in [0.1, 0.15) is 29.2 Å². The van der Waals surface area contributed by atoms with Gasteiger partial charge >= 0.3 is 11.9 Å². The van der Waals surface area contributed by atoms with Crippen molar-refractivity contribution in [1.29, 1.82) is 0 Å². The summed E-state index contributed by atoms with van der Waals surface area (Å²) in [7, 11) is 0. The molecular weight excluding hydrogens is 376 g/mol. The summed E-state index contributed by atoms with van der Waals surface area (Å²) in [6, 6.07) is 6.67. The van der Waals surface area contributed by atoms with Gasteiger partial charge in [-0.15, -0.1) is 0 Å². The van der Waals surface area contributed by atoms with Crippen LogP contribution in [0.1, 0.15) is 52.5 Å². The largest absolute Gasteiger partial charge is 0.494 e. The lowest BCUT2D eigenvalue weighted by atomic mass is 9.73. The fourth-order valence-electron chi connectivity index (χ4n) is 3.18. The highest BCUT2D eigenvalue weighted by Crippen LogP contribution is 2.36. The summed E-state index contributed by atoms with van der Waals surface area (Å²) < 4.78 is 15.7. The fraction of sp³-hybridized carbons (Fsp3) is 0.545. The number of ketones is 2. The van der Waals surface area contributed by atoms with Crippen LogP contribution in [-0.4, -0.2) is 43.3 Å². The highest BCUT2D eigenvalue weighted by molar-refractivity contribution is 6.04. The zero-order valence-electron chi connectivity index (χ0n) is 17.7. The molecule has 0 radical (unpaired) electrons. The minimum absolute atomic E-state index is 0.0727. The minimum Gasteiger partial charge on any atom is -0.494 e. The van der Waals surface area contributed by atoms with E-state index in [2.05, 4.69) is 0 Å². The average molecular weight is 406 g/mol. The molecule has 160 valence electrons. The molecule has 0 saturated carbocycles. The maximum atomic E-state index is 12.6. The second kappa shape index (κ2) is 12.0. The lowest BCUT2D eigenvalue weighted by Gasteiger charge is -2.29. The summed E-state index contributed by atoms with van der Waals surface area (Å²) >= 11 is 0. The van der Waals surface area contributed by atoms with Gasteiger partial charge in [0, 0.05) is 5.92 Å². The molecule has 29 heavy (non-hydrogen) atoms. The van der Waals surface area contributed by atoms with Gasteiger partial charge in [0.05, 0.1) is 19.8 Å². The molecule has 0 aliphatic heterocycles. The van der Waals surface area contributed by atoms with Crippen LogP contribution < -0.4 is 4.74 Å². The van der Waals surface area contributed by atoms with Gasteiger partial charge in [-0.25, -0.2) is 0 Å². The number of Topliss-reactive ketones (excluding diaryl/α,β-unsaturated/α-hetero) is 2. The molecule has 0 aliphatic carbocycles. The van der Waals surface area contributed by atoms with Crippen LogP contribution in [0.5, 0.6) is 5.75 Å². The lowest BCUT2D eigenvalue weighted by molar-refractivity contribution is -0.157. The van der Waals surface area contributed by atoms with Crippen molar-refractivity contribution >= 4 is 23.5 Å². The topological polar surface area (TPSA) is 96.0 Å². The predicted molar refractivity (Wildman–Crippen MR) is 107 cm³/mol. The first-order chi connectivity index (χ1) is 13.8. The molecule has 0 unspecified atom stereocenters. The molecule has 0 aliphatic rings. The van der Waals surface area contributed by atoms with Gasteiger partial charge in [-0.2, -0.15) is 0 Å². The van der Waals surface area contributed by atoms with Crippen molar-refractivity contribution < 1.29 is 33.4 Å². The van der Waals surface area contributed by atoms with Crippen LogP contribution in [0.4, 0.5) is 0 Å². The molecule has 0 fully saturated rings. The molecule has 0 amide bonds. The van der Waals surface area contributed by atoms with Gasteiger partial charge in [0.2, 0.25) is 0 Å². The summed E-state index contributed by atoms with van der Waals surface area (Å²) in [5, 5.41) is 0. The predicted octanol–water partition coefficient (Wildman–Crippen LogP) is 3.10. The van der Waals surface area contributed by atoms with Crippen molar-refractivity contribution in [3.05, 3.63) is 29.8 Å². The Morgan fingerprint density at radius 1 is 0.793 bits per heavy atom. The lowest BCUT2D eigenvalue weighted by Crippen LogP contribution is -2.40. The zero-order chi connectivity index (χ0) is 22.0. The van der Waals surface area contributed by atoms with E-state index in [1.165, 1.54) is 13.8 Å². The summed E-state index contributed by atoms with van der Waals surface area (Å²) in [4.78, 5) is 50.0. The summed E-state index contributed by atoms with van der Waals surface area (Å²) in [6.45, 7) is 8.41. The molecule has 0 N–H and O–H groups in total. The van der Waals surface area contributed by atoms with Gasteiger partial charge in [0.15, 0.2) is 0 Å². The molecule has 0 heterocycles. The van der Waals surface area contributed by atoms with Crippen molar-refractivity contribution in [2.75, 3.05) is 19.8 Å². The third-order valence-electron chi connectivity index (χ3n) is 4.41. The standard InChI is InChI=1S/C22H30O7/c1-6-13-29-17-11-9-16(10-12-17)20(18(14(4)23)21(25)27-7-2)19(15(5)24)22(26)28-8-3/h9-12,18-20H,6-8,13H2,1-5H3/t18-,19-/m0/s1. The van der Waals surface area contributed by atoms with Crippen LogP contribution in [0, 0.1) is 11.8 Å². The van der Waals surface area contributed by atoms with E-state index in [1.807, 2.05) is 6.92 Å². The van der Waals surface area contributed by atoms with E-state index in [9.17, 15) is 19.2 Å². The number of hydrogen-bond donors (Lipinski definition) is 0. The van der Waals surface area contributed by atoms with Gasteiger partial charge < -0.3 is 14.2 Å². The Morgan fingerprint density at radius 3 is 1.59 bits per heavy atom. The number of carbonyl (C=O) groups is 4. The van der Waals surface area contributed by atoms with Crippen molar-refractivity contribution in [3.8, 4) is 5.75 Å². The summed E-state index contributed by atoms with van der Waals surface area (Å²) in [5.41, 5.74) is 0.482. The number of ether oxygens (including phenoxy) is 3. The molecule has 2 atom stereocenters. The van der Waals surface area contributed by atoms with E-state index >= 15 is 0 Å². The smallest absolute Gasteiger partial charge is 0.317 e. The molecule has 7 heteroatoms. The molecule has 1 aromatic rings. The molecule has 0 bridgehead atoms. The SMILES string of the molecule is CCCOc1ccc(C([C@H](C(C)=O)C(=O)OCC)[C@H](C(C)=O)C(=O)OCC)cc1. The van der Waals surface area contributed by atoms with Crippen molar-refractivity contribution in [2.45, 2.75) is 47.0 Å². The minimum atomic E-state index is -1.31. The van der Waals surface area contributed by atoms with Crippen molar-refractivity contribution in [2.24, 2.45) is 11.8 Å². The van der Waals surface area contributed by atoms with E-state index in [0.29, 0.717) is 17.9 Å². The Kier molecular flexibility index (Phi) is 10.1. The second-order valence-corrected chi connectivity index (χ2v) is 6.62. The third-order valence-corrected chi connectivity index (χ3v) is 4.41. The highest BCUT2D eigenvalue weighted by atomic mass is 16.5. The monoisotopic (exact) mass is 406 g/mol. The van der Waals surface area contributed by atoms with E-state index < -0.39 is 41.3 Å². The van der Waals surface area contributed by atoms with Crippen LogP contribution in [0.15, 0.2) is 24.3 Å². The van der Waals surface area contributed by atoms with Crippen LogP contribution in [0.3, 0.4) is 0 Å². The van der Waals surface area contributed by atoms with Crippen molar-refractivity contribution in [3.63, 3.8) is 0 Å². The van der Waals surface area contributed by atoms with E-state index in [0.717, 1.165) is 6.42 Å². The second-order valence-electron chi connectivity index (χ2n) is 6.62. The van der Waals surface area contributed by atoms with Gasteiger partial charge in [-0.1, -0.05) is 19.1 Å². The summed E-state index contributed by atoms with van der Waals surface area (Å²) in [5.74, 6) is -5.57. The molecule has 0 aromatic heterocycles. The summed E-state index contributed by atoms with van der Waals surface area (Å²) in [6.07, 6.45) is 0.842. The van der Waals surface area contributed by atoms with E-state index in [-0.39, 0.29) is 13.2 Å². The Morgan fingerprint density at radius 2 is 1.24 bits per heavy atom. The number of benzene rings is 1. The first-order valence-electron chi connectivity index (χ1n) is 9.85. The zero-order valence-corrected chi connectivity index (χ0v) is 17.7. The molecular formula is C22H30O7. The quantitative estimate of drug-likeness (QED) is 0.389. The van der Waals surface area contributed by atoms with Gasteiger partial charge in [0.25, 0.3) is 0 Å². The van der Waals surface area contributed by atoms with E-state index in [1.54, 1.807) is 38.1 Å². The average Bonchev–Trinajstić information content (AvgIpc) is 2.66. The van der Waals surface area contributed by atoms with Gasteiger partial charge in [-0.3, -0.25) is 19.2 Å². The van der Waals surface area contributed by atoms with Crippen molar-refractivity contribution in [1.82, 2.24) is 0 Å². The first kappa shape index (κ1) is 24.3. The maximum Gasteiger partial charge on any atom is 0.317 e. The highest BCUT2D eigenvalue weighted by Gasteiger charge is 2.45. The van der Waals surface area contributed by atoms with Crippen LogP contribution in [0.25, 0.3) is 0 Å². The normalized spacial score (nSPS) is 12.8. The molecule has 0 spiro atoms. The van der Waals surface area contributed by atoms with Crippen LogP contribution in [-0.2, 0) is 28.7 Å². The number of carbonyl (C=O) groups excluding carboxylic acids is 4. The number of esters is 2. The Hall–Kier alpha value is -2.70. The maximum absolute atomic E-state index is 12.6. The molecule has 7 nitrogen and oxygen atoms in total. The molecule has 0 saturated heterocycles. The van der Waals surface area contributed by atoms with Gasteiger partial charge in [-0.05, 0) is 51.8 Å². The number of hydrogen-bond acceptors (Lipinski definition) is 7. The van der Waals surface area contributed by atoms with Crippen LogP contribution in [0.2, 0.25) is 0 Å². The van der Waals surface area contributed by atoms with Crippen LogP contribution >= 0.6 is 0 Å². The third kappa shape index (κ3) is 6.69. The van der Waals surface area contributed by atoms with E-state index in [4.69, 9.17) is 14.2 Å². The Bertz CT molecular complexity index is 672. The Balaban J connectivity index is 3.49. The first-order valence-corrected chi connectivity index (χ1v) is 9.85. The molecule has 1 aromatic carbocycles. The Labute approximate surface area is 171 Å².